The maximum atomic E-state index is 13.4. The van der Waals surface area contributed by atoms with Gasteiger partial charge in [-0.1, -0.05) is 39.0 Å². The lowest BCUT2D eigenvalue weighted by Crippen LogP contribution is -2.43. The molecule has 6 heteroatoms. The molecule has 1 saturated carbocycles. The number of benzene rings is 1. The number of aromatic nitrogens is 2. The average Bonchev–Trinajstić information content (AvgIpc) is 3.09. The van der Waals surface area contributed by atoms with Crippen LogP contribution in [0.15, 0.2) is 46.0 Å². The van der Waals surface area contributed by atoms with Crippen molar-refractivity contribution in [3.63, 3.8) is 0 Å². The van der Waals surface area contributed by atoms with E-state index in [4.69, 9.17) is 4.42 Å². The van der Waals surface area contributed by atoms with Crippen molar-refractivity contribution in [1.82, 2.24) is 10.2 Å². The number of sulfone groups is 1. The largest absolute Gasteiger partial charge is 0.428 e. The highest BCUT2D eigenvalue weighted by Crippen LogP contribution is 2.47. The Balaban J connectivity index is 2.11. The third kappa shape index (κ3) is 2.99. The molecule has 5 nitrogen and oxygen atoms in total. The minimum Gasteiger partial charge on any atom is -0.428 e. The van der Waals surface area contributed by atoms with Crippen LogP contribution >= 0.6 is 0 Å². The Morgan fingerprint density at radius 1 is 1.17 bits per heavy atom. The van der Waals surface area contributed by atoms with Crippen molar-refractivity contribution in [3.8, 4) is 0 Å². The Labute approximate surface area is 143 Å². The summed E-state index contributed by atoms with van der Waals surface area (Å²) >= 11 is 0. The molecule has 1 heterocycles. The molecule has 0 bridgehead atoms. The molecule has 24 heavy (non-hydrogen) atoms. The topological polar surface area (TPSA) is 73.1 Å². The average molecular weight is 348 g/mol. The summed E-state index contributed by atoms with van der Waals surface area (Å²) in [4.78, 5) is 0.371. The van der Waals surface area contributed by atoms with Crippen molar-refractivity contribution >= 4 is 9.84 Å². The fraction of sp³-hybridized carbons (Fsp3) is 0.556. The minimum absolute atomic E-state index is 0.0436. The van der Waals surface area contributed by atoms with E-state index in [0.717, 1.165) is 12.8 Å². The summed E-state index contributed by atoms with van der Waals surface area (Å²) in [6.45, 7) is 6.29. The number of nitrogens with zero attached hydrogens (tertiary/aromatic N) is 2. The molecular formula is C18H24N2O3S. The van der Waals surface area contributed by atoms with Gasteiger partial charge in [-0.3, -0.25) is 0 Å². The molecule has 1 aliphatic rings. The zero-order chi connectivity index (χ0) is 17.3. The molecule has 4 atom stereocenters. The molecule has 1 aliphatic carbocycles. The second kappa shape index (κ2) is 6.67. The van der Waals surface area contributed by atoms with Crippen LogP contribution in [0, 0.1) is 17.8 Å². The molecule has 0 aliphatic heterocycles. The highest BCUT2D eigenvalue weighted by molar-refractivity contribution is 7.92. The predicted molar refractivity (Wildman–Crippen MR) is 91.2 cm³/mol. The molecule has 0 N–H and O–H groups in total. The van der Waals surface area contributed by atoms with E-state index in [2.05, 4.69) is 24.0 Å². The number of rotatable bonds is 4. The highest BCUT2D eigenvalue weighted by atomic mass is 32.2. The maximum absolute atomic E-state index is 13.4. The maximum Gasteiger partial charge on any atom is 0.220 e. The fourth-order valence-corrected chi connectivity index (χ4v) is 6.36. The van der Waals surface area contributed by atoms with E-state index in [1.54, 1.807) is 24.3 Å². The summed E-state index contributed by atoms with van der Waals surface area (Å²) in [6.07, 6.45) is 3.16. The minimum atomic E-state index is -3.48. The lowest BCUT2D eigenvalue weighted by molar-refractivity contribution is 0.177. The smallest absolute Gasteiger partial charge is 0.220 e. The quantitative estimate of drug-likeness (QED) is 0.842. The molecule has 0 saturated heterocycles. The van der Waals surface area contributed by atoms with Gasteiger partial charge in [0.2, 0.25) is 12.3 Å². The van der Waals surface area contributed by atoms with Gasteiger partial charge in [-0.05, 0) is 42.7 Å². The highest BCUT2D eigenvalue weighted by Gasteiger charge is 2.49. The Kier molecular flexibility index (Phi) is 4.76. The van der Waals surface area contributed by atoms with E-state index in [-0.39, 0.29) is 17.8 Å². The third-order valence-electron chi connectivity index (χ3n) is 5.28. The van der Waals surface area contributed by atoms with Gasteiger partial charge in [-0.15, -0.1) is 10.2 Å². The van der Waals surface area contributed by atoms with Crippen LogP contribution in [-0.4, -0.2) is 23.9 Å². The second-order valence-corrected chi connectivity index (χ2v) is 9.19. The zero-order valence-corrected chi connectivity index (χ0v) is 15.1. The molecule has 4 unspecified atom stereocenters. The van der Waals surface area contributed by atoms with Crippen molar-refractivity contribution in [2.45, 2.75) is 49.7 Å². The van der Waals surface area contributed by atoms with E-state index in [0.29, 0.717) is 16.7 Å². The van der Waals surface area contributed by atoms with E-state index < -0.39 is 15.1 Å². The first-order valence-corrected chi connectivity index (χ1v) is 10.0. The van der Waals surface area contributed by atoms with Gasteiger partial charge in [-0.2, -0.15) is 0 Å². The third-order valence-corrected chi connectivity index (χ3v) is 7.68. The van der Waals surface area contributed by atoms with Gasteiger partial charge in [0.25, 0.3) is 0 Å². The van der Waals surface area contributed by atoms with Crippen molar-refractivity contribution in [3.05, 3.63) is 42.6 Å². The van der Waals surface area contributed by atoms with Gasteiger partial charge in [0.1, 0.15) is 0 Å². The Hall–Kier alpha value is -1.69. The number of hydrogen-bond acceptors (Lipinski definition) is 5. The molecule has 1 aromatic heterocycles. The molecule has 3 rings (SSSR count). The molecule has 0 spiro atoms. The lowest BCUT2D eigenvalue weighted by atomic mass is 9.69. The monoisotopic (exact) mass is 348 g/mol. The van der Waals surface area contributed by atoms with Crippen LogP contribution in [0.1, 0.15) is 45.4 Å². The summed E-state index contributed by atoms with van der Waals surface area (Å²) in [5, 5.41) is 7.34. The van der Waals surface area contributed by atoms with Crippen molar-refractivity contribution < 1.29 is 12.8 Å². The standard InChI is InChI=1S/C18H24N2O3S/c1-12(2)15-10-9-13(3)17(16(15)18-20-19-11-23-18)24(21,22)14-7-5-4-6-8-14/h4-8,11-13,15-17H,9-10H2,1-3H3. The molecular weight excluding hydrogens is 324 g/mol. The van der Waals surface area contributed by atoms with E-state index in [1.165, 1.54) is 6.39 Å². The van der Waals surface area contributed by atoms with E-state index in [1.807, 2.05) is 13.0 Å². The first-order valence-electron chi connectivity index (χ1n) is 8.48. The summed E-state index contributed by atoms with van der Waals surface area (Å²) in [6, 6.07) is 8.71. The van der Waals surface area contributed by atoms with Crippen LogP contribution in [0.25, 0.3) is 0 Å². The van der Waals surface area contributed by atoms with Crippen molar-refractivity contribution in [1.29, 1.82) is 0 Å². The van der Waals surface area contributed by atoms with Crippen molar-refractivity contribution in [2.75, 3.05) is 0 Å². The van der Waals surface area contributed by atoms with Crippen LogP contribution < -0.4 is 0 Å². The van der Waals surface area contributed by atoms with Crippen LogP contribution in [0.4, 0.5) is 0 Å². The molecule has 0 radical (unpaired) electrons. The summed E-state index contributed by atoms with van der Waals surface area (Å²) in [5.41, 5.74) is 0. The summed E-state index contributed by atoms with van der Waals surface area (Å²) in [5.74, 6) is 0.793. The second-order valence-electron chi connectivity index (χ2n) is 7.09. The van der Waals surface area contributed by atoms with Gasteiger partial charge >= 0.3 is 0 Å². The zero-order valence-electron chi connectivity index (χ0n) is 14.3. The van der Waals surface area contributed by atoms with Crippen LogP contribution in [0.2, 0.25) is 0 Å². The molecule has 0 amide bonds. The van der Waals surface area contributed by atoms with Crippen LogP contribution in [0.5, 0.6) is 0 Å². The van der Waals surface area contributed by atoms with Gasteiger partial charge < -0.3 is 4.42 Å². The summed E-state index contributed by atoms with van der Waals surface area (Å²) < 4.78 is 32.2. The van der Waals surface area contributed by atoms with E-state index >= 15 is 0 Å². The Bertz CT molecular complexity index is 757. The van der Waals surface area contributed by atoms with Gasteiger partial charge in [0.05, 0.1) is 16.1 Å². The Morgan fingerprint density at radius 2 is 1.88 bits per heavy atom. The molecule has 1 aromatic carbocycles. The van der Waals surface area contributed by atoms with Crippen molar-refractivity contribution in [2.24, 2.45) is 17.8 Å². The van der Waals surface area contributed by atoms with Crippen LogP contribution in [-0.2, 0) is 9.84 Å². The first kappa shape index (κ1) is 17.1. The fourth-order valence-electron chi connectivity index (χ4n) is 4.06. The van der Waals surface area contributed by atoms with E-state index in [9.17, 15) is 8.42 Å². The molecule has 1 fully saturated rings. The lowest BCUT2D eigenvalue weighted by Gasteiger charge is -2.41. The number of hydrogen-bond donors (Lipinski definition) is 0. The molecule has 2 aromatic rings. The van der Waals surface area contributed by atoms with Gasteiger partial charge in [0, 0.05) is 0 Å². The SMILES string of the molecule is CC(C)C1CCC(C)C(S(=O)(=O)c2ccccc2)C1c1nnco1. The first-order chi connectivity index (χ1) is 11.4. The Morgan fingerprint density at radius 3 is 2.46 bits per heavy atom. The van der Waals surface area contributed by atoms with Gasteiger partial charge in [0.15, 0.2) is 9.84 Å². The normalized spacial score (nSPS) is 28.2. The van der Waals surface area contributed by atoms with Crippen LogP contribution in [0.3, 0.4) is 0 Å². The summed E-state index contributed by atoms with van der Waals surface area (Å²) in [7, 11) is -3.48. The molecule has 130 valence electrons. The van der Waals surface area contributed by atoms with Gasteiger partial charge in [-0.25, -0.2) is 8.42 Å². The predicted octanol–water partition coefficient (Wildman–Crippen LogP) is 3.70.